The molecule has 0 radical (unpaired) electrons. The van der Waals surface area contributed by atoms with Gasteiger partial charge in [0, 0.05) is 6.42 Å². The number of phenols is 1. The van der Waals surface area contributed by atoms with Crippen molar-refractivity contribution in [3.8, 4) is 18.1 Å². The number of terminal acetylenes is 1. The second-order valence-electron chi connectivity index (χ2n) is 3.07. The number of rotatable bonds is 3. The molecule has 1 rings (SSSR count). The number of para-hydroxylation sites is 1. The van der Waals surface area contributed by atoms with E-state index in [1.807, 2.05) is 18.2 Å². The molecule has 0 saturated carbocycles. The van der Waals surface area contributed by atoms with E-state index in [4.69, 9.17) is 6.42 Å². The Bertz CT molecular complexity index is 309. The summed E-state index contributed by atoms with van der Waals surface area (Å²) < 4.78 is 0. The highest BCUT2D eigenvalue weighted by Crippen LogP contribution is 2.29. The Kier molecular flexibility index (Phi) is 3.40. The van der Waals surface area contributed by atoms with Crippen molar-refractivity contribution in [3.05, 3.63) is 29.8 Å². The van der Waals surface area contributed by atoms with Crippen LogP contribution in [0.1, 0.15) is 31.2 Å². The van der Waals surface area contributed by atoms with Crippen LogP contribution in [0.25, 0.3) is 0 Å². The first kappa shape index (κ1) is 9.67. The van der Waals surface area contributed by atoms with Gasteiger partial charge in [-0.3, -0.25) is 0 Å². The molecule has 1 N–H and O–H groups in total. The number of phenolic OH excluding ortho intramolecular Hbond substituents is 1. The molecule has 0 aliphatic heterocycles. The van der Waals surface area contributed by atoms with E-state index >= 15 is 0 Å². The average Bonchev–Trinajstić information content (AvgIpc) is 2.16. The third-order valence-corrected chi connectivity index (χ3v) is 2.23. The summed E-state index contributed by atoms with van der Waals surface area (Å²) in [5.74, 6) is 3.27. The van der Waals surface area contributed by atoms with E-state index in [1.165, 1.54) is 0 Å². The van der Waals surface area contributed by atoms with Crippen LogP contribution in [-0.2, 0) is 0 Å². The van der Waals surface area contributed by atoms with Crippen molar-refractivity contribution in [2.45, 2.75) is 25.7 Å². The molecule has 0 spiro atoms. The fourth-order valence-corrected chi connectivity index (χ4v) is 1.45. The van der Waals surface area contributed by atoms with Crippen molar-refractivity contribution in [2.24, 2.45) is 0 Å². The van der Waals surface area contributed by atoms with E-state index in [9.17, 15) is 5.11 Å². The van der Waals surface area contributed by atoms with Gasteiger partial charge in [0.15, 0.2) is 0 Å². The van der Waals surface area contributed by atoms with E-state index in [-0.39, 0.29) is 5.92 Å². The van der Waals surface area contributed by atoms with Crippen LogP contribution in [0.5, 0.6) is 5.75 Å². The third kappa shape index (κ3) is 2.26. The van der Waals surface area contributed by atoms with Gasteiger partial charge >= 0.3 is 0 Å². The molecule has 1 unspecified atom stereocenters. The molecule has 0 aliphatic carbocycles. The van der Waals surface area contributed by atoms with Crippen LogP contribution >= 0.6 is 0 Å². The highest BCUT2D eigenvalue weighted by atomic mass is 16.3. The lowest BCUT2D eigenvalue weighted by atomic mass is 9.93. The van der Waals surface area contributed by atoms with Gasteiger partial charge in [0.1, 0.15) is 5.75 Å². The minimum atomic E-state index is 0.284. The molecule has 1 heteroatoms. The molecule has 0 aliphatic rings. The highest BCUT2D eigenvalue weighted by molar-refractivity contribution is 5.35. The Morgan fingerprint density at radius 3 is 2.69 bits per heavy atom. The molecule has 0 aromatic heterocycles. The van der Waals surface area contributed by atoms with Crippen LogP contribution in [-0.4, -0.2) is 5.11 Å². The first-order valence-corrected chi connectivity index (χ1v) is 4.51. The Balaban J connectivity index is 2.92. The van der Waals surface area contributed by atoms with Gasteiger partial charge in [0.25, 0.3) is 0 Å². The summed E-state index contributed by atoms with van der Waals surface area (Å²) in [4.78, 5) is 0. The zero-order chi connectivity index (χ0) is 9.68. The van der Waals surface area contributed by atoms with Crippen molar-refractivity contribution in [1.29, 1.82) is 0 Å². The summed E-state index contributed by atoms with van der Waals surface area (Å²) in [5.41, 5.74) is 0.961. The summed E-state index contributed by atoms with van der Waals surface area (Å²) in [6.07, 6.45) is 6.91. The molecule has 68 valence electrons. The topological polar surface area (TPSA) is 20.2 Å². The third-order valence-electron chi connectivity index (χ3n) is 2.23. The van der Waals surface area contributed by atoms with Crippen molar-refractivity contribution in [1.82, 2.24) is 0 Å². The Morgan fingerprint density at radius 1 is 1.46 bits per heavy atom. The predicted molar refractivity (Wildman–Crippen MR) is 54.6 cm³/mol. The zero-order valence-corrected chi connectivity index (χ0v) is 7.83. The standard InChI is InChI=1S/C12H14O/c1-3-7-10(4-2)11-8-5-6-9-12(11)13/h1,5-6,8-10,13H,4,7H2,2H3. The first-order valence-electron chi connectivity index (χ1n) is 4.51. The van der Waals surface area contributed by atoms with Crippen LogP contribution in [0.2, 0.25) is 0 Å². The average molecular weight is 174 g/mol. The summed E-state index contributed by atoms with van der Waals surface area (Å²) in [5, 5.41) is 9.57. The molecule has 0 amide bonds. The smallest absolute Gasteiger partial charge is 0.119 e. The van der Waals surface area contributed by atoms with Gasteiger partial charge in [0.05, 0.1) is 0 Å². The minimum Gasteiger partial charge on any atom is -0.508 e. The molecule has 0 saturated heterocycles. The molecule has 0 heterocycles. The molecule has 13 heavy (non-hydrogen) atoms. The Hall–Kier alpha value is -1.42. The molecular formula is C12H14O. The van der Waals surface area contributed by atoms with Gasteiger partial charge < -0.3 is 5.11 Å². The quantitative estimate of drug-likeness (QED) is 0.698. The van der Waals surface area contributed by atoms with Crippen LogP contribution in [0.4, 0.5) is 0 Å². The van der Waals surface area contributed by atoms with Crippen LogP contribution in [0.15, 0.2) is 24.3 Å². The van der Waals surface area contributed by atoms with Crippen molar-refractivity contribution in [2.75, 3.05) is 0 Å². The van der Waals surface area contributed by atoms with E-state index in [0.717, 1.165) is 12.0 Å². The van der Waals surface area contributed by atoms with Gasteiger partial charge in [-0.25, -0.2) is 0 Å². The van der Waals surface area contributed by atoms with E-state index < -0.39 is 0 Å². The zero-order valence-electron chi connectivity index (χ0n) is 7.83. The lowest BCUT2D eigenvalue weighted by Crippen LogP contribution is -1.96. The van der Waals surface area contributed by atoms with Gasteiger partial charge in [-0.2, -0.15) is 0 Å². The first-order chi connectivity index (χ1) is 6.29. The van der Waals surface area contributed by atoms with Crippen LogP contribution < -0.4 is 0 Å². The predicted octanol–water partition coefficient (Wildman–Crippen LogP) is 2.91. The lowest BCUT2D eigenvalue weighted by molar-refractivity contribution is 0.459. The molecule has 1 atom stereocenters. The highest BCUT2D eigenvalue weighted by Gasteiger charge is 2.10. The SMILES string of the molecule is C#CCC(CC)c1ccccc1O. The number of aromatic hydroxyl groups is 1. The number of hydrogen-bond donors (Lipinski definition) is 1. The Labute approximate surface area is 79.4 Å². The van der Waals surface area contributed by atoms with Crippen molar-refractivity contribution < 1.29 is 5.11 Å². The summed E-state index contributed by atoms with van der Waals surface area (Å²) in [7, 11) is 0. The fraction of sp³-hybridized carbons (Fsp3) is 0.333. The van der Waals surface area contributed by atoms with E-state index in [0.29, 0.717) is 12.2 Å². The van der Waals surface area contributed by atoms with Crippen molar-refractivity contribution in [3.63, 3.8) is 0 Å². The maximum absolute atomic E-state index is 9.57. The monoisotopic (exact) mass is 174 g/mol. The Morgan fingerprint density at radius 2 is 2.15 bits per heavy atom. The largest absolute Gasteiger partial charge is 0.508 e. The fourth-order valence-electron chi connectivity index (χ4n) is 1.45. The lowest BCUT2D eigenvalue weighted by Gasteiger charge is -2.13. The molecule has 0 bridgehead atoms. The van der Waals surface area contributed by atoms with E-state index in [1.54, 1.807) is 6.07 Å². The van der Waals surface area contributed by atoms with E-state index in [2.05, 4.69) is 12.8 Å². The molecular weight excluding hydrogens is 160 g/mol. The maximum Gasteiger partial charge on any atom is 0.119 e. The van der Waals surface area contributed by atoms with Gasteiger partial charge in [-0.1, -0.05) is 25.1 Å². The van der Waals surface area contributed by atoms with Crippen LogP contribution in [0.3, 0.4) is 0 Å². The normalized spacial score (nSPS) is 12.0. The van der Waals surface area contributed by atoms with Crippen LogP contribution in [0, 0.1) is 12.3 Å². The molecule has 1 nitrogen and oxygen atoms in total. The van der Waals surface area contributed by atoms with Gasteiger partial charge in [0.2, 0.25) is 0 Å². The molecule has 0 fully saturated rings. The van der Waals surface area contributed by atoms with Gasteiger partial charge in [-0.15, -0.1) is 12.3 Å². The number of benzene rings is 1. The van der Waals surface area contributed by atoms with Gasteiger partial charge in [-0.05, 0) is 24.0 Å². The summed E-state index contributed by atoms with van der Waals surface area (Å²) >= 11 is 0. The molecule has 1 aromatic carbocycles. The number of hydrogen-bond acceptors (Lipinski definition) is 1. The second-order valence-corrected chi connectivity index (χ2v) is 3.07. The summed E-state index contributed by atoms with van der Waals surface area (Å²) in [6.45, 7) is 2.08. The maximum atomic E-state index is 9.57. The summed E-state index contributed by atoms with van der Waals surface area (Å²) in [6, 6.07) is 7.38. The minimum absolute atomic E-state index is 0.284. The second kappa shape index (κ2) is 4.57. The van der Waals surface area contributed by atoms with Crippen molar-refractivity contribution >= 4 is 0 Å². The molecule has 1 aromatic rings.